The Labute approximate surface area is 122 Å². The Kier molecular flexibility index (Phi) is 4.89. The van der Waals surface area contributed by atoms with Crippen molar-refractivity contribution in [1.82, 2.24) is 0 Å². The fourth-order valence-corrected chi connectivity index (χ4v) is 2.23. The summed E-state index contributed by atoms with van der Waals surface area (Å²) in [7, 11) is 0. The van der Waals surface area contributed by atoms with Crippen molar-refractivity contribution in [2.75, 3.05) is 5.32 Å². The molecule has 0 bridgehead atoms. The van der Waals surface area contributed by atoms with Crippen molar-refractivity contribution in [3.8, 4) is 0 Å². The lowest BCUT2D eigenvalue weighted by atomic mass is 10.0. The number of aryl methyl sites for hydroxylation is 2. The van der Waals surface area contributed by atoms with Crippen LogP contribution in [0.2, 0.25) is 0 Å². The van der Waals surface area contributed by atoms with Crippen molar-refractivity contribution in [3.63, 3.8) is 0 Å². The van der Waals surface area contributed by atoms with Gasteiger partial charge in [-0.25, -0.2) is 13.2 Å². The zero-order valence-corrected chi connectivity index (χ0v) is 12.1. The molecule has 0 aliphatic heterocycles. The minimum atomic E-state index is -1.44. The van der Waals surface area contributed by atoms with Crippen LogP contribution < -0.4 is 5.32 Å². The van der Waals surface area contributed by atoms with E-state index in [4.69, 9.17) is 0 Å². The molecule has 1 unspecified atom stereocenters. The van der Waals surface area contributed by atoms with E-state index >= 15 is 0 Å². The van der Waals surface area contributed by atoms with Crippen LogP contribution in [0.25, 0.3) is 0 Å². The summed E-state index contributed by atoms with van der Waals surface area (Å²) in [4.78, 5) is 0. The van der Waals surface area contributed by atoms with Crippen LogP contribution in [0.3, 0.4) is 0 Å². The molecule has 21 heavy (non-hydrogen) atoms. The fourth-order valence-electron chi connectivity index (χ4n) is 2.23. The monoisotopic (exact) mass is 293 g/mol. The zero-order chi connectivity index (χ0) is 15.4. The van der Waals surface area contributed by atoms with E-state index in [1.165, 1.54) is 17.2 Å². The fraction of sp³-hybridized carbons (Fsp3) is 0.294. The van der Waals surface area contributed by atoms with Gasteiger partial charge in [-0.1, -0.05) is 29.8 Å². The van der Waals surface area contributed by atoms with Gasteiger partial charge in [-0.2, -0.15) is 0 Å². The maximum atomic E-state index is 13.6. The SMILES string of the molecule is Cc1cccc(CCC(C)Nc2ccc(F)c(F)c2F)c1. The summed E-state index contributed by atoms with van der Waals surface area (Å²) in [6, 6.07) is 10.3. The molecule has 0 spiro atoms. The molecule has 0 aromatic heterocycles. The minimum Gasteiger partial charge on any atom is -0.380 e. The quantitative estimate of drug-likeness (QED) is 0.777. The van der Waals surface area contributed by atoms with Crippen LogP contribution in [0.4, 0.5) is 18.9 Å². The summed E-state index contributed by atoms with van der Waals surface area (Å²) in [5.41, 5.74) is 2.39. The Morgan fingerprint density at radius 2 is 1.81 bits per heavy atom. The summed E-state index contributed by atoms with van der Waals surface area (Å²) >= 11 is 0. The van der Waals surface area contributed by atoms with E-state index in [0.29, 0.717) is 0 Å². The first kappa shape index (κ1) is 15.4. The molecule has 2 rings (SSSR count). The topological polar surface area (TPSA) is 12.0 Å². The van der Waals surface area contributed by atoms with E-state index in [1.54, 1.807) is 0 Å². The number of rotatable bonds is 5. The van der Waals surface area contributed by atoms with Gasteiger partial charge in [-0.15, -0.1) is 0 Å². The second-order valence-electron chi connectivity index (χ2n) is 5.30. The maximum absolute atomic E-state index is 13.6. The van der Waals surface area contributed by atoms with Gasteiger partial charge >= 0.3 is 0 Å². The van der Waals surface area contributed by atoms with Crippen LogP contribution in [0.5, 0.6) is 0 Å². The van der Waals surface area contributed by atoms with E-state index in [0.717, 1.165) is 18.9 Å². The van der Waals surface area contributed by atoms with Crippen molar-refractivity contribution < 1.29 is 13.2 Å². The number of hydrogen-bond donors (Lipinski definition) is 1. The molecule has 2 aromatic rings. The number of anilines is 1. The van der Waals surface area contributed by atoms with E-state index in [2.05, 4.69) is 11.4 Å². The Balaban J connectivity index is 1.96. The molecule has 1 atom stereocenters. The van der Waals surface area contributed by atoms with Gasteiger partial charge in [0.25, 0.3) is 0 Å². The first-order valence-electron chi connectivity index (χ1n) is 6.93. The second-order valence-corrected chi connectivity index (χ2v) is 5.30. The van der Waals surface area contributed by atoms with Gasteiger partial charge in [-0.05, 0) is 44.4 Å². The third-order valence-electron chi connectivity index (χ3n) is 3.39. The van der Waals surface area contributed by atoms with E-state index in [9.17, 15) is 13.2 Å². The molecule has 2 aromatic carbocycles. The highest BCUT2D eigenvalue weighted by Gasteiger charge is 2.14. The minimum absolute atomic E-state index is 0.00866. The lowest BCUT2D eigenvalue weighted by Crippen LogP contribution is -2.17. The van der Waals surface area contributed by atoms with Crippen LogP contribution in [-0.4, -0.2) is 6.04 Å². The molecule has 0 radical (unpaired) electrons. The highest BCUT2D eigenvalue weighted by atomic mass is 19.2. The van der Waals surface area contributed by atoms with Gasteiger partial charge in [-0.3, -0.25) is 0 Å². The predicted molar refractivity (Wildman–Crippen MR) is 78.9 cm³/mol. The molecule has 0 heterocycles. The van der Waals surface area contributed by atoms with Crippen LogP contribution in [0.15, 0.2) is 36.4 Å². The number of hydrogen-bond acceptors (Lipinski definition) is 1. The smallest absolute Gasteiger partial charge is 0.196 e. The van der Waals surface area contributed by atoms with Crippen molar-refractivity contribution in [3.05, 3.63) is 65.0 Å². The first-order valence-corrected chi connectivity index (χ1v) is 6.93. The Morgan fingerprint density at radius 3 is 2.52 bits per heavy atom. The summed E-state index contributed by atoms with van der Waals surface area (Å²) in [5, 5.41) is 2.88. The van der Waals surface area contributed by atoms with Crippen molar-refractivity contribution in [2.45, 2.75) is 32.7 Å². The van der Waals surface area contributed by atoms with E-state index in [1.807, 2.05) is 32.0 Å². The molecule has 1 nitrogen and oxygen atoms in total. The maximum Gasteiger partial charge on any atom is 0.196 e. The van der Waals surface area contributed by atoms with Gasteiger partial charge in [0, 0.05) is 6.04 Å². The third kappa shape index (κ3) is 4.00. The standard InChI is InChI=1S/C17H18F3N/c1-11-4-3-5-13(10-11)7-6-12(2)21-15-9-8-14(18)16(19)17(15)20/h3-5,8-10,12,21H,6-7H2,1-2H3. The van der Waals surface area contributed by atoms with Crippen molar-refractivity contribution >= 4 is 5.69 Å². The number of benzene rings is 2. The highest BCUT2D eigenvalue weighted by molar-refractivity contribution is 5.46. The molecule has 0 saturated heterocycles. The molecule has 1 N–H and O–H groups in total. The first-order chi connectivity index (χ1) is 9.97. The Bertz CT molecular complexity index is 625. The van der Waals surface area contributed by atoms with Gasteiger partial charge in [0.15, 0.2) is 17.5 Å². The summed E-state index contributed by atoms with van der Waals surface area (Å²) in [5.74, 6) is -3.78. The Hall–Kier alpha value is -1.97. The predicted octanol–water partition coefficient (Wildman–Crippen LogP) is 4.85. The molecule has 112 valence electrons. The molecule has 0 amide bonds. The van der Waals surface area contributed by atoms with E-state index in [-0.39, 0.29) is 11.7 Å². The van der Waals surface area contributed by atoms with Crippen molar-refractivity contribution in [1.29, 1.82) is 0 Å². The molecular weight excluding hydrogens is 275 g/mol. The molecule has 0 saturated carbocycles. The molecule has 4 heteroatoms. The van der Waals surface area contributed by atoms with Gasteiger partial charge in [0.05, 0.1) is 5.69 Å². The number of halogens is 3. The van der Waals surface area contributed by atoms with Crippen LogP contribution >= 0.6 is 0 Å². The van der Waals surface area contributed by atoms with Crippen LogP contribution in [-0.2, 0) is 6.42 Å². The lowest BCUT2D eigenvalue weighted by Gasteiger charge is -2.16. The summed E-state index contributed by atoms with van der Waals surface area (Å²) < 4.78 is 39.6. The van der Waals surface area contributed by atoms with Crippen LogP contribution in [0.1, 0.15) is 24.5 Å². The lowest BCUT2D eigenvalue weighted by molar-refractivity contribution is 0.448. The molecule has 0 fully saturated rings. The summed E-state index contributed by atoms with van der Waals surface area (Å²) in [6.07, 6.45) is 1.60. The molecule has 0 aliphatic carbocycles. The van der Waals surface area contributed by atoms with Gasteiger partial charge < -0.3 is 5.32 Å². The average molecular weight is 293 g/mol. The molecular formula is C17H18F3N. The highest BCUT2D eigenvalue weighted by Crippen LogP contribution is 2.21. The normalized spacial score (nSPS) is 12.2. The largest absolute Gasteiger partial charge is 0.380 e. The zero-order valence-electron chi connectivity index (χ0n) is 12.1. The van der Waals surface area contributed by atoms with Gasteiger partial charge in [0.1, 0.15) is 0 Å². The van der Waals surface area contributed by atoms with Gasteiger partial charge in [0.2, 0.25) is 0 Å². The van der Waals surface area contributed by atoms with E-state index < -0.39 is 17.5 Å². The summed E-state index contributed by atoms with van der Waals surface area (Å²) in [6.45, 7) is 3.92. The Morgan fingerprint density at radius 1 is 1.05 bits per heavy atom. The van der Waals surface area contributed by atoms with Crippen LogP contribution in [0, 0.1) is 24.4 Å². The average Bonchev–Trinajstić information content (AvgIpc) is 2.46. The second kappa shape index (κ2) is 6.66. The molecule has 0 aliphatic rings. The van der Waals surface area contributed by atoms with Crippen molar-refractivity contribution in [2.24, 2.45) is 0 Å². The third-order valence-corrected chi connectivity index (χ3v) is 3.39. The number of nitrogens with one attached hydrogen (secondary N) is 1.